The fourth-order valence-electron chi connectivity index (χ4n) is 3.41. The number of ether oxygens (including phenoxy) is 3. The number of nitrogens with zero attached hydrogens (tertiary/aromatic N) is 5. The molecule has 0 saturated carbocycles. The van der Waals surface area contributed by atoms with E-state index in [9.17, 15) is 10.1 Å². The van der Waals surface area contributed by atoms with Crippen molar-refractivity contribution in [1.29, 1.82) is 0 Å². The van der Waals surface area contributed by atoms with Crippen LogP contribution in [0.4, 0.5) is 11.5 Å². The molecule has 11 nitrogen and oxygen atoms in total. The van der Waals surface area contributed by atoms with Crippen LogP contribution < -0.4 is 10.1 Å². The molecule has 2 aromatic heterocycles. The van der Waals surface area contributed by atoms with Crippen molar-refractivity contribution in [3.8, 4) is 5.88 Å². The SMILES string of the molecule is COCC(CCOc1nn(C2CCOCC2)c(C)c1[N+](=O)[O-])Nc1nc(Cl)ncc1Cl. The Morgan fingerprint density at radius 1 is 1.42 bits per heavy atom. The van der Waals surface area contributed by atoms with Gasteiger partial charge in [0.25, 0.3) is 0 Å². The number of rotatable bonds is 10. The van der Waals surface area contributed by atoms with Gasteiger partial charge in [-0.1, -0.05) is 11.6 Å². The Labute approximate surface area is 189 Å². The van der Waals surface area contributed by atoms with E-state index >= 15 is 0 Å². The Hall–Kier alpha value is -2.21. The maximum absolute atomic E-state index is 11.6. The quantitative estimate of drug-likeness (QED) is 0.312. The highest BCUT2D eigenvalue weighted by atomic mass is 35.5. The van der Waals surface area contributed by atoms with E-state index in [1.807, 2.05) is 0 Å². The first-order valence-electron chi connectivity index (χ1n) is 9.78. The monoisotopic (exact) mass is 474 g/mol. The van der Waals surface area contributed by atoms with Gasteiger partial charge in [-0.3, -0.25) is 14.8 Å². The molecule has 1 fully saturated rings. The Morgan fingerprint density at radius 3 is 2.84 bits per heavy atom. The van der Waals surface area contributed by atoms with Crippen LogP contribution in [0.3, 0.4) is 0 Å². The van der Waals surface area contributed by atoms with Crippen molar-refractivity contribution < 1.29 is 19.1 Å². The molecule has 170 valence electrons. The van der Waals surface area contributed by atoms with Crippen molar-refractivity contribution in [1.82, 2.24) is 19.7 Å². The number of halogens is 2. The normalized spacial score (nSPS) is 15.6. The molecule has 0 amide bonds. The lowest BCUT2D eigenvalue weighted by molar-refractivity contribution is -0.386. The summed E-state index contributed by atoms with van der Waals surface area (Å²) in [4.78, 5) is 19.0. The van der Waals surface area contributed by atoms with E-state index in [0.29, 0.717) is 42.8 Å². The number of aromatic nitrogens is 4. The maximum Gasteiger partial charge on any atom is 0.352 e. The van der Waals surface area contributed by atoms with Crippen LogP contribution in [-0.4, -0.2) is 64.3 Å². The average Bonchev–Trinajstić information content (AvgIpc) is 3.07. The first-order chi connectivity index (χ1) is 14.9. The van der Waals surface area contributed by atoms with Gasteiger partial charge in [0.05, 0.1) is 36.4 Å². The van der Waals surface area contributed by atoms with Crippen molar-refractivity contribution in [2.24, 2.45) is 0 Å². The number of methoxy groups -OCH3 is 1. The van der Waals surface area contributed by atoms with Crippen LogP contribution in [0.5, 0.6) is 5.88 Å². The van der Waals surface area contributed by atoms with Gasteiger partial charge < -0.3 is 19.5 Å². The summed E-state index contributed by atoms with van der Waals surface area (Å²) < 4.78 is 18.0. The van der Waals surface area contributed by atoms with Gasteiger partial charge in [-0.2, -0.15) is 4.98 Å². The molecule has 1 unspecified atom stereocenters. The second kappa shape index (κ2) is 10.9. The number of hydrogen-bond donors (Lipinski definition) is 1. The molecule has 0 radical (unpaired) electrons. The highest BCUT2D eigenvalue weighted by Gasteiger charge is 2.30. The second-order valence-corrected chi connectivity index (χ2v) is 7.80. The predicted octanol–water partition coefficient (Wildman–Crippen LogP) is 3.44. The highest BCUT2D eigenvalue weighted by Crippen LogP contribution is 2.34. The maximum atomic E-state index is 11.6. The van der Waals surface area contributed by atoms with Crippen molar-refractivity contribution in [2.75, 3.05) is 38.9 Å². The summed E-state index contributed by atoms with van der Waals surface area (Å²) >= 11 is 11.9. The molecule has 0 aromatic carbocycles. The minimum absolute atomic E-state index is 0.00766. The third-order valence-electron chi connectivity index (χ3n) is 4.94. The Bertz CT molecular complexity index is 906. The smallest absolute Gasteiger partial charge is 0.352 e. The zero-order chi connectivity index (χ0) is 22.4. The largest absolute Gasteiger partial charge is 0.472 e. The molecule has 3 rings (SSSR count). The molecule has 0 spiro atoms. The molecule has 1 aliphatic heterocycles. The molecule has 3 heterocycles. The predicted molar refractivity (Wildman–Crippen MR) is 114 cm³/mol. The lowest BCUT2D eigenvalue weighted by Crippen LogP contribution is -2.28. The third kappa shape index (κ3) is 5.94. The van der Waals surface area contributed by atoms with E-state index in [1.54, 1.807) is 18.7 Å². The van der Waals surface area contributed by atoms with Gasteiger partial charge in [0.15, 0.2) is 0 Å². The van der Waals surface area contributed by atoms with Crippen molar-refractivity contribution in [3.63, 3.8) is 0 Å². The summed E-state index contributed by atoms with van der Waals surface area (Å²) in [5, 5.41) is 19.5. The number of nitro groups is 1. The summed E-state index contributed by atoms with van der Waals surface area (Å²) in [5.41, 5.74) is 0.356. The highest BCUT2D eigenvalue weighted by molar-refractivity contribution is 6.33. The second-order valence-electron chi connectivity index (χ2n) is 7.05. The molecule has 1 aliphatic rings. The molecular weight excluding hydrogens is 451 g/mol. The van der Waals surface area contributed by atoms with Gasteiger partial charge in [0, 0.05) is 26.7 Å². The van der Waals surface area contributed by atoms with Gasteiger partial charge in [0.2, 0.25) is 5.28 Å². The summed E-state index contributed by atoms with van der Waals surface area (Å²) in [7, 11) is 1.56. The van der Waals surface area contributed by atoms with Crippen molar-refractivity contribution in [3.05, 3.63) is 32.3 Å². The molecule has 2 aromatic rings. The van der Waals surface area contributed by atoms with Crippen LogP contribution in [-0.2, 0) is 9.47 Å². The van der Waals surface area contributed by atoms with Gasteiger partial charge in [-0.25, -0.2) is 4.98 Å². The first kappa shape index (κ1) is 23.5. The van der Waals surface area contributed by atoms with Crippen LogP contribution in [0, 0.1) is 17.0 Å². The summed E-state index contributed by atoms with van der Waals surface area (Å²) in [6.45, 7) is 3.40. The number of anilines is 1. The topological polar surface area (TPSA) is 126 Å². The zero-order valence-corrected chi connectivity index (χ0v) is 18.7. The lowest BCUT2D eigenvalue weighted by Gasteiger charge is -2.23. The first-order valence-corrected chi connectivity index (χ1v) is 10.5. The van der Waals surface area contributed by atoms with E-state index in [-0.39, 0.29) is 35.5 Å². The molecule has 1 atom stereocenters. The average molecular weight is 475 g/mol. The van der Waals surface area contributed by atoms with E-state index in [2.05, 4.69) is 20.4 Å². The lowest BCUT2D eigenvalue weighted by atomic mass is 10.1. The molecule has 0 bridgehead atoms. The Balaban J connectivity index is 1.68. The van der Waals surface area contributed by atoms with Gasteiger partial charge >= 0.3 is 11.6 Å². The van der Waals surface area contributed by atoms with E-state index in [1.165, 1.54) is 6.20 Å². The molecular formula is C18H24Cl2N6O5. The minimum Gasteiger partial charge on any atom is -0.472 e. The van der Waals surface area contributed by atoms with Crippen LogP contribution in [0.25, 0.3) is 0 Å². The Morgan fingerprint density at radius 2 is 2.16 bits per heavy atom. The van der Waals surface area contributed by atoms with Gasteiger partial charge in [-0.15, -0.1) is 5.10 Å². The summed E-state index contributed by atoms with van der Waals surface area (Å²) in [6.07, 6.45) is 3.35. The van der Waals surface area contributed by atoms with E-state index in [0.717, 1.165) is 12.8 Å². The summed E-state index contributed by atoms with van der Waals surface area (Å²) in [6, 6.07) is -0.177. The Kier molecular flexibility index (Phi) is 8.24. The van der Waals surface area contributed by atoms with Gasteiger partial charge in [0.1, 0.15) is 16.5 Å². The third-order valence-corrected chi connectivity index (χ3v) is 5.39. The zero-order valence-electron chi connectivity index (χ0n) is 17.2. The van der Waals surface area contributed by atoms with Crippen LogP contribution >= 0.6 is 23.2 Å². The fourth-order valence-corrected chi connectivity index (χ4v) is 3.69. The summed E-state index contributed by atoms with van der Waals surface area (Å²) in [5.74, 6) is 0.377. The minimum atomic E-state index is -0.457. The molecule has 13 heteroatoms. The number of hydrogen-bond acceptors (Lipinski definition) is 9. The van der Waals surface area contributed by atoms with Crippen molar-refractivity contribution >= 4 is 34.7 Å². The molecule has 1 N–H and O–H groups in total. The van der Waals surface area contributed by atoms with Gasteiger partial charge in [-0.05, 0) is 31.4 Å². The van der Waals surface area contributed by atoms with Crippen LogP contribution in [0.2, 0.25) is 10.3 Å². The standard InChI is InChI=1S/C18H24Cl2N6O5/c1-11-15(26(27)28)17(24-25(11)13-4-6-30-7-5-13)31-8-3-12(10-29-2)22-16-14(19)9-21-18(20)23-16/h9,12-13H,3-8,10H2,1-2H3,(H,21,22,23). The van der Waals surface area contributed by atoms with E-state index < -0.39 is 4.92 Å². The van der Waals surface area contributed by atoms with Crippen LogP contribution in [0.1, 0.15) is 31.0 Å². The molecule has 0 aliphatic carbocycles. The fraction of sp³-hybridized carbons (Fsp3) is 0.611. The van der Waals surface area contributed by atoms with Crippen LogP contribution in [0.15, 0.2) is 6.20 Å². The molecule has 31 heavy (non-hydrogen) atoms. The van der Waals surface area contributed by atoms with Crippen molar-refractivity contribution in [2.45, 2.75) is 38.3 Å². The van der Waals surface area contributed by atoms with E-state index in [4.69, 9.17) is 37.4 Å². The number of nitrogens with one attached hydrogen (secondary N) is 1. The molecule has 1 saturated heterocycles.